The number of methoxy groups -OCH3 is 2. The van der Waals surface area contributed by atoms with Gasteiger partial charge in [0, 0.05) is 32.0 Å². The molecule has 0 aromatic heterocycles. The van der Waals surface area contributed by atoms with Crippen molar-refractivity contribution in [2.45, 2.75) is 12.8 Å². The van der Waals surface area contributed by atoms with Gasteiger partial charge in [0.15, 0.2) is 0 Å². The second-order valence-corrected chi connectivity index (χ2v) is 5.04. The molecule has 1 aliphatic heterocycles. The molecule has 0 spiro atoms. The van der Waals surface area contributed by atoms with Gasteiger partial charge in [-0.05, 0) is 0 Å². The van der Waals surface area contributed by atoms with Crippen molar-refractivity contribution in [2.24, 2.45) is 0 Å². The van der Waals surface area contributed by atoms with E-state index < -0.39 is 0 Å². The first kappa shape index (κ1) is 14.3. The summed E-state index contributed by atoms with van der Waals surface area (Å²) in [7, 11) is 3.08. The minimum absolute atomic E-state index is 0.262. The number of nitrogens with zero attached hydrogens (tertiary/aromatic N) is 1. The monoisotopic (exact) mass is 303 g/mol. The average Bonchev–Trinajstić information content (AvgIpc) is 2.41. The lowest BCUT2D eigenvalue weighted by Gasteiger charge is -2.30. The Labute approximate surface area is 122 Å². The number of ketones is 1. The topological polar surface area (TPSA) is 38.8 Å². The van der Waals surface area contributed by atoms with E-state index in [2.05, 4.69) is 0 Å². The number of benzene rings is 1. The quantitative estimate of drug-likeness (QED) is 0.860. The summed E-state index contributed by atoms with van der Waals surface area (Å²) in [6.45, 7) is 1.21. The van der Waals surface area contributed by atoms with E-state index in [0.29, 0.717) is 53.2 Å². The maximum atomic E-state index is 11.3. The molecule has 1 aromatic carbocycles. The summed E-state index contributed by atoms with van der Waals surface area (Å²) in [6.07, 6.45) is 1.01. The zero-order valence-electron chi connectivity index (χ0n) is 10.8. The fraction of sp³-hybridized carbons (Fsp3) is 0.462. The summed E-state index contributed by atoms with van der Waals surface area (Å²) in [4.78, 5) is 13.3. The zero-order valence-corrected chi connectivity index (χ0v) is 12.3. The van der Waals surface area contributed by atoms with Crippen molar-refractivity contribution >= 4 is 34.7 Å². The van der Waals surface area contributed by atoms with Crippen molar-refractivity contribution in [1.82, 2.24) is 0 Å². The van der Waals surface area contributed by atoms with Crippen molar-refractivity contribution in [3.8, 4) is 11.5 Å². The molecule has 1 fully saturated rings. The molecule has 0 N–H and O–H groups in total. The highest BCUT2D eigenvalue weighted by Crippen LogP contribution is 2.46. The number of Topliss-reactive ketones (excluding diaryl/α,β-unsaturated/α-hetero) is 1. The summed E-state index contributed by atoms with van der Waals surface area (Å²) >= 11 is 12.6. The number of rotatable bonds is 3. The Balaban J connectivity index is 2.45. The van der Waals surface area contributed by atoms with Gasteiger partial charge in [-0.15, -0.1) is 0 Å². The van der Waals surface area contributed by atoms with Gasteiger partial charge in [-0.3, -0.25) is 4.79 Å². The predicted molar refractivity (Wildman–Crippen MR) is 76.0 cm³/mol. The third-order valence-corrected chi connectivity index (χ3v) is 3.92. The highest BCUT2D eigenvalue weighted by Gasteiger charge is 2.25. The second kappa shape index (κ2) is 5.88. The van der Waals surface area contributed by atoms with Crippen LogP contribution in [0.15, 0.2) is 6.07 Å². The molecule has 19 heavy (non-hydrogen) atoms. The van der Waals surface area contributed by atoms with Crippen LogP contribution in [0.3, 0.4) is 0 Å². The third-order valence-electron chi connectivity index (χ3n) is 3.19. The molecule has 2 rings (SSSR count). The molecular weight excluding hydrogens is 289 g/mol. The maximum Gasteiger partial charge on any atom is 0.143 e. The summed E-state index contributed by atoms with van der Waals surface area (Å²) in [5.41, 5.74) is 0.673. The second-order valence-electron chi connectivity index (χ2n) is 4.28. The van der Waals surface area contributed by atoms with Crippen LogP contribution in [0.25, 0.3) is 0 Å². The van der Waals surface area contributed by atoms with E-state index in [9.17, 15) is 4.79 Å². The van der Waals surface area contributed by atoms with Gasteiger partial charge in [-0.1, -0.05) is 23.2 Å². The summed E-state index contributed by atoms with van der Waals surface area (Å²) in [6, 6.07) is 1.66. The van der Waals surface area contributed by atoms with Crippen molar-refractivity contribution in [3.63, 3.8) is 0 Å². The minimum atomic E-state index is 0.262. The van der Waals surface area contributed by atoms with Gasteiger partial charge in [-0.2, -0.15) is 0 Å². The van der Waals surface area contributed by atoms with Crippen LogP contribution in [0.4, 0.5) is 5.69 Å². The summed E-state index contributed by atoms with van der Waals surface area (Å²) in [5.74, 6) is 1.28. The molecule has 104 valence electrons. The Bertz CT molecular complexity index is 467. The lowest BCUT2D eigenvalue weighted by atomic mass is 10.1. The van der Waals surface area contributed by atoms with Gasteiger partial charge in [0.05, 0.1) is 19.9 Å². The molecule has 1 heterocycles. The van der Waals surface area contributed by atoms with Crippen LogP contribution in [-0.4, -0.2) is 33.1 Å². The zero-order chi connectivity index (χ0) is 14.0. The standard InChI is InChI=1S/C13H15Cl2NO3/c1-18-9-7-10(19-2)12(15)13(11(9)14)16-5-3-8(17)4-6-16/h7H,3-6H2,1-2H3. The van der Waals surface area contributed by atoms with E-state index in [1.54, 1.807) is 6.07 Å². The Morgan fingerprint density at radius 1 is 1.05 bits per heavy atom. The Morgan fingerprint density at radius 2 is 1.53 bits per heavy atom. The van der Waals surface area contributed by atoms with Crippen LogP contribution in [-0.2, 0) is 4.79 Å². The van der Waals surface area contributed by atoms with Gasteiger partial charge >= 0.3 is 0 Å². The molecule has 0 bridgehead atoms. The van der Waals surface area contributed by atoms with E-state index >= 15 is 0 Å². The normalized spacial score (nSPS) is 15.6. The van der Waals surface area contributed by atoms with Crippen LogP contribution in [0.1, 0.15) is 12.8 Å². The molecule has 0 radical (unpaired) electrons. The van der Waals surface area contributed by atoms with Crippen molar-refractivity contribution < 1.29 is 14.3 Å². The lowest BCUT2D eigenvalue weighted by molar-refractivity contribution is -0.119. The largest absolute Gasteiger partial charge is 0.495 e. The van der Waals surface area contributed by atoms with E-state index in [1.807, 2.05) is 4.90 Å². The first-order valence-electron chi connectivity index (χ1n) is 5.95. The number of carbonyl (C=O) groups is 1. The number of hydrogen-bond donors (Lipinski definition) is 0. The van der Waals surface area contributed by atoms with E-state index in [1.165, 1.54) is 14.2 Å². The van der Waals surface area contributed by atoms with Crippen molar-refractivity contribution in [2.75, 3.05) is 32.2 Å². The Kier molecular flexibility index (Phi) is 4.42. The van der Waals surface area contributed by atoms with Gasteiger partial charge < -0.3 is 14.4 Å². The van der Waals surface area contributed by atoms with Crippen LogP contribution in [0.2, 0.25) is 10.0 Å². The average molecular weight is 304 g/mol. The van der Waals surface area contributed by atoms with Crippen molar-refractivity contribution in [3.05, 3.63) is 16.1 Å². The fourth-order valence-electron chi connectivity index (χ4n) is 2.13. The minimum Gasteiger partial charge on any atom is -0.495 e. The van der Waals surface area contributed by atoms with Crippen LogP contribution in [0, 0.1) is 0 Å². The number of ether oxygens (including phenoxy) is 2. The number of hydrogen-bond acceptors (Lipinski definition) is 4. The lowest BCUT2D eigenvalue weighted by Crippen LogP contribution is -2.34. The molecule has 1 aliphatic rings. The van der Waals surface area contributed by atoms with Crippen molar-refractivity contribution in [1.29, 1.82) is 0 Å². The third kappa shape index (κ3) is 2.74. The van der Waals surface area contributed by atoms with Gasteiger partial charge in [0.2, 0.25) is 0 Å². The Hall–Kier alpha value is -1.13. The molecular formula is C13H15Cl2NO3. The first-order chi connectivity index (χ1) is 9.08. The molecule has 6 heteroatoms. The van der Waals surface area contributed by atoms with Gasteiger partial charge in [0.1, 0.15) is 27.3 Å². The molecule has 0 unspecified atom stereocenters. The van der Waals surface area contributed by atoms with E-state index in [4.69, 9.17) is 32.7 Å². The molecule has 4 nitrogen and oxygen atoms in total. The van der Waals surface area contributed by atoms with Crippen LogP contribution >= 0.6 is 23.2 Å². The summed E-state index contributed by atoms with van der Waals surface area (Å²) in [5, 5.41) is 0.894. The molecule has 1 saturated heterocycles. The number of carbonyl (C=O) groups excluding carboxylic acids is 1. The van der Waals surface area contributed by atoms with E-state index in [-0.39, 0.29) is 5.78 Å². The Morgan fingerprint density at radius 3 is 1.95 bits per heavy atom. The number of piperidine rings is 1. The van der Waals surface area contributed by atoms with E-state index in [0.717, 1.165) is 0 Å². The number of halogens is 2. The van der Waals surface area contributed by atoms with Gasteiger partial charge in [-0.25, -0.2) is 0 Å². The molecule has 0 amide bonds. The molecule has 0 saturated carbocycles. The molecule has 1 aromatic rings. The molecule has 0 atom stereocenters. The smallest absolute Gasteiger partial charge is 0.143 e. The van der Waals surface area contributed by atoms with Gasteiger partial charge in [0.25, 0.3) is 0 Å². The molecule has 0 aliphatic carbocycles. The summed E-state index contributed by atoms with van der Waals surface area (Å²) < 4.78 is 10.5. The van der Waals surface area contributed by atoms with Crippen LogP contribution in [0.5, 0.6) is 11.5 Å². The number of anilines is 1. The SMILES string of the molecule is COc1cc(OC)c(Cl)c(N2CCC(=O)CC2)c1Cl. The highest BCUT2D eigenvalue weighted by atomic mass is 35.5. The predicted octanol–water partition coefficient (Wildman–Crippen LogP) is 3.18. The fourth-order valence-corrected chi connectivity index (χ4v) is 2.87. The first-order valence-corrected chi connectivity index (χ1v) is 6.70. The maximum absolute atomic E-state index is 11.3. The highest BCUT2D eigenvalue weighted by molar-refractivity contribution is 6.41. The van der Waals surface area contributed by atoms with Crippen LogP contribution < -0.4 is 14.4 Å².